The van der Waals surface area contributed by atoms with Crippen LogP contribution in [0, 0.1) is 6.92 Å². The van der Waals surface area contributed by atoms with Gasteiger partial charge < -0.3 is 16.0 Å². The van der Waals surface area contributed by atoms with Gasteiger partial charge in [0.1, 0.15) is 0 Å². The predicted octanol–water partition coefficient (Wildman–Crippen LogP) is 3.19. The van der Waals surface area contributed by atoms with Crippen LogP contribution in [0.4, 0.5) is 11.4 Å². The van der Waals surface area contributed by atoms with Crippen molar-refractivity contribution in [2.75, 3.05) is 23.7 Å². The summed E-state index contributed by atoms with van der Waals surface area (Å²) in [4.78, 5) is 24.0. The second-order valence-corrected chi connectivity index (χ2v) is 5.61. The number of carbonyl (C=O) groups is 2. The fourth-order valence-electron chi connectivity index (χ4n) is 2.22. The summed E-state index contributed by atoms with van der Waals surface area (Å²) < 4.78 is 0. The van der Waals surface area contributed by atoms with Crippen molar-refractivity contribution >= 4 is 23.2 Å². The van der Waals surface area contributed by atoms with E-state index in [4.69, 9.17) is 0 Å². The Morgan fingerprint density at radius 3 is 2.50 bits per heavy atom. The van der Waals surface area contributed by atoms with Crippen LogP contribution in [0.3, 0.4) is 0 Å². The molecule has 0 saturated heterocycles. The van der Waals surface area contributed by atoms with Gasteiger partial charge in [-0.3, -0.25) is 9.59 Å². The van der Waals surface area contributed by atoms with E-state index in [9.17, 15) is 9.59 Å². The minimum atomic E-state index is -0.164. The van der Waals surface area contributed by atoms with E-state index in [0.717, 1.165) is 17.7 Å². The van der Waals surface area contributed by atoms with Gasteiger partial charge in [0.2, 0.25) is 5.91 Å². The SMILES string of the molecule is CCCNC(=O)c1cccc(NC(=O)CNc2cccc(C)c2)c1. The lowest BCUT2D eigenvalue weighted by Crippen LogP contribution is -2.24. The van der Waals surface area contributed by atoms with Gasteiger partial charge in [-0.2, -0.15) is 0 Å². The molecule has 0 heterocycles. The smallest absolute Gasteiger partial charge is 0.251 e. The van der Waals surface area contributed by atoms with E-state index in [1.165, 1.54) is 0 Å². The highest BCUT2D eigenvalue weighted by Gasteiger charge is 2.07. The second-order valence-electron chi connectivity index (χ2n) is 5.61. The van der Waals surface area contributed by atoms with E-state index in [1.807, 2.05) is 38.1 Å². The van der Waals surface area contributed by atoms with Gasteiger partial charge >= 0.3 is 0 Å². The van der Waals surface area contributed by atoms with Crippen molar-refractivity contribution in [1.82, 2.24) is 5.32 Å². The first-order valence-electron chi connectivity index (χ1n) is 8.07. The highest BCUT2D eigenvalue weighted by molar-refractivity contribution is 5.98. The highest BCUT2D eigenvalue weighted by Crippen LogP contribution is 2.12. The molecular weight excluding hydrogens is 302 g/mol. The summed E-state index contributed by atoms with van der Waals surface area (Å²) in [6.45, 7) is 4.80. The first-order valence-corrected chi connectivity index (χ1v) is 8.07. The van der Waals surface area contributed by atoms with Crippen molar-refractivity contribution in [2.45, 2.75) is 20.3 Å². The lowest BCUT2D eigenvalue weighted by atomic mass is 10.2. The third kappa shape index (κ3) is 5.43. The van der Waals surface area contributed by atoms with Crippen LogP contribution < -0.4 is 16.0 Å². The number of hydrogen-bond donors (Lipinski definition) is 3. The molecule has 0 saturated carbocycles. The Balaban J connectivity index is 1.90. The molecule has 2 rings (SSSR count). The Bertz CT molecular complexity index is 713. The van der Waals surface area contributed by atoms with Gasteiger partial charge in [0.15, 0.2) is 0 Å². The van der Waals surface area contributed by atoms with Crippen LogP contribution in [0.2, 0.25) is 0 Å². The number of rotatable bonds is 7. The van der Waals surface area contributed by atoms with E-state index in [0.29, 0.717) is 17.8 Å². The largest absolute Gasteiger partial charge is 0.376 e. The average Bonchev–Trinajstić information content (AvgIpc) is 2.58. The molecule has 0 unspecified atom stereocenters. The summed E-state index contributed by atoms with van der Waals surface area (Å²) >= 11 is 0. The number of carbonyl (C=O) groups excluding carboxylic acids is 2. The zero-order valence-electron chi connectivity index (χ0n) is 14.1. The topological polar surface area (TPSA) is 70.2 Å². The molecular formula is C19H23N3O2. The fourth-order valence-corrected chi connectivity index (χ4v) is 2.22. The van der Waals surface area contributed by atoms with Crippen LogP contribution >= 0.6 is 0 Å². The highest BCUT2D eigenvalue weighted by atomic mass is 16.2. The molecule has 3 N–H and O–H groups in total. The van der Waals surface area contributed by atoms with Gasteiger partial charge in [-0.25, -0.2) is 0 Å². The Labute approximate surface area is 142 Å². The van der Waals surface area contributed by atoms with Crippen LogP contribution in [-0.4, -0.2) is 24.9 Å². The first-order chi connectivity index (χ1) is 11.6. The monoisotopic (exact) mass is 325 g/mol. The van der Waals surface area contributed by atoms with E-state index < -0.39 is 0 Å². The fraction of sp³-hybridized carbons (Fsp3) is 0.263. The molecule has 0 fully saturated rings. The van der Waals surface area contributed by atoms with Crippen LogP contribution in [0.1, 0.15) is 29.3 Å². The molecule has 0 spiro atoms. The summed E-state index contributed by atoms with van der Waals surface area (Å²) in [5, 5.41) is 8.69. The minimum Gasteiger partial charge on any atom is -0.376 e. The van der Waals surface area contributed by atoms with E-state index >= 15 is 0 Å². The van der Waals surface area contributed by atoms with E-state index in [1.54, 1.807) is 24.3 Å². The van der Waals surface area contributed by atoms with Gasteiger partial charge in [-0.05, 0) is 49.2 Å². The number of nitrogens with one attached hydrogen (secondary N) is 3. The summed E-state index contributed by atoms with van der Waals surface area (Å²) in [5.41, 5.74) is 3.17. The molecule has 0 radical (unpaired) electrons. The van der Waals surface area contributed by atoms with Gasteiger partial charge in [0, 0.05) is 23.5 Å². The third-order valence-corrected chi connectivity index (χ3v) is 3.42. The Hall–Kier alpha value is -2.82. The van der Waals surface area contributed by atoms with Crippen molar-refractivity contribution in [3.8, 4) is 0 Å². The molecule has 5 nitrogen and oxygen atoms in total. The first kappa shape index (κ1) is 17.5. The lowest BCUT2D eigenvalue weighted by molar-refractivity contribution is -0.114. The molecule has 2 aromatic rings. The molecule has 0 aliphatic heterocycles. The maximum absolute atomic E-state index is 12.0. The second kappa shape index (κ2) is 8.72. The molecule has 2 amide bonds. The number of benzene rings is 2. The Morgan fingerprint density at radius 1 is 1.00 bits per heavy atom. The van der Waals surface area contributed by atoms with Crippen LogP contribution in [0.5, 0.6) is 0 Å². The molecule has 0 aromatic heterocycles. The number of anilines is 2. The zero-order chi connectivity index (χ0) is 17.4. The van der Waals surface area contributed by atoms with Crippen molar-refractivity contribution in [3.63, 3.8) is 0 Å². The van der Waals surface area contributed by atoms with Crippen molar-refractivity contribution in [2.24, 2.45) is 0 Å². The summed E-state index contributed by atoms with van der Waals surface area (Å²) in [5.74, 6) is -0.298. The van der Waals surface area contributed by atoms with Crippen molar-refractivity contribution < 1.29 is 9.59 Å². The zero-order valence-corrected chi connectivity index (χ0v) is 14.1. The van der Waals surface area contributed by atoms with Gasteiger partial charge in [-0.15, -0.1) is 0 Å². The standard InChI is InChI=1S/C19H23N3O2/c1-3-10-20-19(24)15-7-5-9-17(12-15)22-18(23)13-21-16-8-4-6-14(2)11-16/h4-9,11-12,21H,3,10,13H2,1-2H3,(H,20,24)(H,22,23). The van der Waals surface area contributed by atoms with E-state index in [-0.39, 0.29) is 18.4 Å². The normalized spacial score (nSPS) is 10.1. The van der Waals surface area contributed by atoms with Crippen molar-refractivity contribution in [1.29, 1.82) is 0 Å². The van der Waals surface area contributed by atoms with Gasteiger partial charge in [-0.1, -0.05) is 25.1 Å². The maximum atomic E-state index is 12.0. The van der Waals surface area contributed by atoms with E-state index in [2.05, 4.69) is 16.0 Å². The maximum Gasteiger partial charge on any atom is 0.251 e. The Kier molecular flexibility index (Phi) is 6.37. The molecule has 5 heteroatoms. The van der Waals surface area contributed by atoms with Crippen LogP contribution in [0.25, 0.3) is 0 Å². The van der Waals surface area contributed by atoms with Crippen molar-refractivity contribution in [3.05, 3.63) is 59.7 Å². The molecule has 0 aliphatic carbocycles. The van der Waals surface area contributed by atoms with Crippen LogP contribution in [0.15, 0.2) is 48.5 Å². The summed E-state index contributed by atoms with van der Waals surface area (Å²) in [6.07, 6.45) is 0.882. The lowest BCUT2D eigenvalue weighted by Gasteiger charge is -2.10. The predicted molar refractivity (Wildman–Crippen MR) is 97.4 cm³/mol. The quantitative estimate of drug-likeness (QED) is 0.732. The number of hydrogen-bond acceptors (Lipinski definition) is 3. The van der Waals surface area contributed by atoms with Gasteiger partial charge in [0.05, 0.1) is 6.54 Å². The summed E-state index contributed by atoms with van der Waals surface area (Å²) in [7, 11) is 0. The molecule has 126 valence electrons. The number of aryl methyl sites for hydroxylation is 1. The molecule has 0 atom stereocenters. The molecule has 24 heavy (non-hydrogen) atoms. The van der Waals surface area contributed by atoms with Gasteiger partial charge in [0.25, 0.3) is 5.91 Å². The Morgan fingerprint density at radius 2 is 1.75 bits per heavy atom. The third-order valence-electron chi connectivity index (χ3n) is 3.42. The van der Waals surface area contributed by atoms with Crippen LogP contribution in [-0.2, 0) is 4.79 Å². The molecule has 2 aromatic carbocycles. The molecule has 0 bridgehead atoms. The molecule has 0 aliphatic rings. The summed E-state index contributed by atoms with van der Waals surface area (Å²) in [6, 6.07) is 14.8. The number of amides is 2. The minimum absolute atomic E-state index is 0.133. The average molecular weight is 325 g/mol.